The summed E-state index contributed by atoms with van der Waals surface area (Å²) in [6.45, 7) is 4.56. The van der Waals surface area contributed by atoms with Gasteiger partial charge in [-0.05, 0) is 57.0 Å². The number of aromatic nitrogens is 2. The summed E-state index contributed by atoms with van der Waals surface area (Å²) in [7, 11) is 0. The maximum Gasteiger partial charge on any atom is 0.293 e. The standard InChI is InChI=1S/C22H24F2N4O3/c1-13-9-19(30-12-16-17(23)6-3-7-18(16)24)21-26-14(2)20(28(21)10-13)22(29)27-31-11-15-5-4-8-25-15/h3,6-7,9-10,15,25H,4-5,8,11-12H2,1-2H3,(H,27,29). The van der Waals surface area contributed by atoms with E-state index in [1.54, 1.807) is 23.6 Å². The first-order chi connectivity index (χ1) is 14.9. The number of pyridine rings is 1. The minimum Gasteiger partial charge on any atom is -0.485 e. The highest BCUT2D eigenvalue weighted by atomic mass is 19.1. The Labute approximate surface area is 178 Å². The molecule has 1 amide bonds. The Morgan fingerprint density at radius 3 is 2.81 bits per heavy atom. The van der Waals surface area contributed by atoms with Crippen molar-refractivity contribution in [2.24, 2.45) is 0 Å². The summed E-state index contributed by atoms with van der Waals surface area (Å²) in [6, 6.07) is 5.59. The fraction of sp³-hybridized carbons (Fsp3) is 0.364. The van der Waals surface area contributed by atoms with Gasteiger partial charge in [-0.2, -0.15) is 0 Å². The van der Waals surface area contributed by atoms with Gasteiger partial charge in [0, 0.05) is 12.2 Å². The normalized spacial score (nSPS) is 16.1. The van der Waals surface area contributed by atoms with Crippen LogP contribution in [-0.2, 0) is 11.4 Å². The second-order valence-corrected chi connectivity index (χ2v) is 7.65. The monoisotopic (exact) mass is 430 g/mol. The van der Waals surface area contributed by atoms with Crippen LogP contribution in [0.4, 0.5) is 8.78 Å². The number of nitrogens with one attached hydrogen (secondary N) is 2. The molecule has 2 aromatic heterocycles. The number of fused-ring (bicyclic) bond motifs is 1. The van der Waals surface area contributed by atoms with Crippen molar-refractivity contribution in [1.82, 2.24) is 20.2 Å². The van der Waals surface area contributed by atoms with Crippen LogP contribution in [0.1, 0.15) is 40.2 Å². The van der Waals surface area contributed by atoms with E-state index in [0.29, 0.717) is 29.4 Å². The lowest BCUT2D eigenvalue weighted by atomic mass is 10.2. The average molecular weight is 430 g/mol. The van der Waals surface area contributed by atoms with Gasteiger partial charge in [-0.3, -0.25) is 14.0 Å². The third-order valence-corrected chi connectivity index (χ3v) is 5.26. The molecule has 1 saturated heterocycles. The first kappa shape index (κ1) is 21.2. The van der Waals surface area contributed by atoms with Crippen molar-refractivity contribution in [1.29, 1.82) is 0 Å². The van der Waals surface area contributed by atoms with Crippen LogP contribution in [0, 0.1) is 25.5 Å². The number of aryl methyl sites for hydroxylation is 2. The van der Waals surface area contributed by atoms with Gasteiger partial charge >= 0.3 is 0 Å². The van der Waals surface area contributed by atoms with Gasteiger partial charge < -0.3 is 10.1 Å². The molecule has 1 aromatic carbocycles. The number of amides is 1. The molecule has 0 aliphatic carbocycles. The van der Waals surface area contributed by atoms with E-state index in [1.165, 1.54) is 18.2 Å². The van der Waals surface area contributed by atoms with Crippen molar-refractivity contribution in [3.63, 3.8) is 0 Å². The van der Waals surface area contributed by atoms with Crippen LogP contribution < -0.4 is 15.5 Å². The molecular formula is C22H24F2N4O3. The van der Waals surface area contributed by atoms with Crippen molar-refractivity contribution in [3.05, 3.63) is 64.6 Å². The third-order valence-electron chi connectivity index (χ3n) is 5.26. The largest absolute Gasteiger partial charge is 0.485 e. The zero-order chi connectivity index (χ0) is 22.0. The SMILES string of the molecule is Cc1cc(OCc2c(F)cccc2F)c2nc(C)c(C(=O)NOCC3CCCN3)n2c1. The highest BCUT2D eigenvalue weighted by Gasteiger charge is 2.21. The molecule has 1 aliphatic heterocycles. The summed E-state index contributed by atoms with van der Waals surface area (Å²) in [5.74, 6) is -1.48. The van der Waals surface area contributed by atoms with Crippen LogP contribution in [0.15, 0.2) is 30.5 Å². The summed E-state index contributed by atoms with van der Waals surface area (Å²) < 4.78 is 35.2. The molecule has 164 valence electrons. The number of nitrogens with zero attached hydrogens (tertiary/aromatic N) is 2. The number of rotatable bonds is 7. The summed E-state index contributed by atoms with van der Waals surface area (Å²) in [6.07, 6.45) is 3.85. The van der Waals surface area contributed by atoms with Gasteiger partial charge in [0.2, 0.25) is 0 Å². The highest BCUT2D eigenvalue weighted by Crippen LogP contribution is 2.26. The minimum atomic E-state index is -0.683. The smallest absolute Gasteiger partial charge is 0.293 e. The molecular weight excluding hydrogens is 406 g/mol. The molecule has 7 nitrogen and oxygen atoms in total. The maximum atomic E-state index is 13.9. The maximum absolute atomic E-state index is 13.9. The van der Waals surface area contributed by atoms with Crippen LogP contribution in [0.3, 0.4) is 0 Å². The number of benzene rings is 1. The molecule has 3 aromatic rings. The van der Waals surface area contributed by atoms with Crippen LogP contribution >= 0.6 is 0 Å². The van der Waals surface area contributed by atoms with E-state index in [4.69, 9.17) is 9.57 Å². The quantitative estimate of drug-likeness (QED) is 0.563. The van der Waals surface area contributed by atoms with E-state index in [1.807, 2.05) is 6.92 Å². The van der Waals surface area contributed by atoms with Crippen molar-refractivity contribution in [2.75, 3.05) is 13.2 Å². The molecule has 4 rings (SSSR count). The Bertz CT molecular complexity index is 1090. The molecule has 0 saturated carbocycles. The lowest BCUT2D eigenvalue weighted by Crippen LogP contribution is -2.33. The number of ether oxygens (including phenoxy) is 1. The molecule has 1 fully saturated rings. The number of halogens is 2. The second-order valence-electron chi connectivity index (χ2n) is 7.65. The highest BCUT2D eigenvalue weighted by molar-refractivity contribution is 5.94. The summed E-state index contributed by atoms with van der Waals surface area (Å²) in [5, 5.41) is 3.29. The molecule has 1 atom stereocenters. The number of hydrogen-bond acceptors (Lipinski definition) is 5. The topological polar surface area (TPSA) is 76.9 Å². The van der Waals surface area contributed by atoms with Gasteiger partial charge in [-0.25, -0.2) is 19.2 Å². The van der Waals surface area contributed by atoms with E-state index in [2.05, 4.69) is 15.8 Å². The fourth-order valence-electron chi connectivity index (χ4n) is 3.71. The molecule has 0 spiro atoms. The lowest BCUT2D eigenvalue weighted by molar-refractivity contribution is 0.0237. The van der Waals surface area contributed by atoms with E-state index in [9.17, 15) is 13.6 Å². The molecule has 31 heavy (non-hydrogen) atoms. The molecule has 0 radical (unpaired) electrons. The van der Waals surface area contributed by atoms with Gasteiger partial charge in [-0.1, -0.05) is 6.07 Å². The Kier molecular flexibility index (Phi) is 6.15. The zero-order valence-corrected chi connectivity index (χ0v) is 17.4. The fourth-order valence-corrected chi connectivity index (χ4v) is 3.71. The van der Waals surface area contributed by atoms with Crippen LogP contribution in [0.25, 0.3) is 5.65 Å². The van der Waals surface area contributed by atoms with Crippen molar-refractivity contribution < 1.29 is 23.1 Å². The van der Waals surface area contributed by atoms with Crippen LogP contribution in [0.2, 0.25) is 0 Å². The Balaban J connectivity index is 1.55. The van der Waals surface area contributed by atoms with Crippen molar-refractivity contribution in [3.8, 4) is 5.75 Å². The van der Waals surface area contributed by atoms with Gasteiger partial charge in [0.25, 0.3) is 5.91 Å². The van der Waals surface area contributed by atoms with Gasteiger partial charge in [0.05, 0.1) is 17.9 Å². The van der Waals surface area contributed by atoms with Crippen molar-refractivity contribution in [2.45, 2.75) is 39.3 Å². The molecule has 9 heteroatoms. The van der Waals surface area contributed by atoms with Gasteiger partial charge in [0.1, 0.15) is 23.9 Å². The van der Waals surface area contributed by atoms with Crippen LogP contribution in [-0.4, -0.2) is 34.5 Å². The first-order valence-corrected chi connectivity index (χ1v) is 10.1. The van der Waals surface area contributed by atoms with Gasteiger partial charge in [0.15, 0.2) is 11.4 Å². The molecule has 1 aliphatic rings. The Morgan fingerprint density at radius 1 is 1.32 bits per heavy atom. The number of hydrogen-bond donors (Lipinski definition) is 2. The average Bonchev–Trinajstić information content (AvgIpc) is 3.34. The predicted octanol–water partition coefficient (Wildman–Crippen LogP) is 3.22. The summed E-state index contributed by atoms with van der Waals surface area (Å²) in [5.41, 5.74) is 4.26. The minimum absolute atomic E-state index is 0.169. The second kappa shape index (κ2) is 8.99. The Morgan fingerprint density at radius 2 is 2.10 bits per heavy atom. The zero-order valence-electron chi connectivity index (χ0n) is 17.4. The number of hydroxylamine groups is 1. The summed E-state index contributed by atoms with van der Waals surface area (Å²) in [4.78, 5) is 22.6. The first-order valence-electron chi connectivity index (χ1n) is 10.1. The Hall–Kier alpha value is -3.04. The van der Waals surface area contributed by atoms with E-state index >= 15 is 0 Å². The van der Waals surface area contributed by atoms with E-state index in [0.717, 1.165) is 24.9 Å². The lowest BCUT2D eigenvalue weighted by Gasteiger charge is -2.12. The molecule has 2 N–H and O–H groups in total. The molecule has 3 heterocycles. The van der Waals surface area contributed by atoms with E-state index < -0.39 is 17.5 Å². The predicted molar refractivity (Wildman–Crippen MR) is 110 cm³/mol. The number of carbonyl (C=O) groups excluding carboxylic acids is 1. The van der Waals surface area contributed by atoms with Gasteiger partial charge in [-0.15, -0.1) is 0 Å². The number of imidazole rings is 1. The van der Waals surface area contributed by atoms with Crippen LogP contribution in [0.5, 0.6) is 5.75 Å². The van der Waals surface area contributed by atoms with E-state index in [-0.39, 0.29) is 18.2 Å². The third kappa shape index (κ3) is 4.52. The molecule has 0 bridgehead atoms. The number of carbonyl (C=O) groups is 1. The summed E-state index contributed by atoms with van der Waals surface area (Å²) >= 11 is 0. The molecule has 1 unspecified atom stereocenters. The van der Waals surface area contributed by atoms with Crippen molar-refractivity contribution >= 4 is 11.6 Å².